The number of halogens is 3. The summed E-state index contributed by atoms with van der Waals surface area (Å²) in [5.74, 6) is -0.701. The van der Waals surface area contributed by atoms with Gasteiger partial charge >= 0.3 is 0 Å². The summed E-state index contributed by atoms with van der Waals surface area (Å²) >= 11 is 11.7. The number of carbonyl (C=O) groups excluding carboxylic acids is 1. The van der Waals surface area contributed by atoms with Crippen molar-refractivity contribution in [3.8, 4) is 0 Å². The highest BCUT2D eigenvalue weighted by molar-refractivity contribution is 6.33. The van der Waals surface area contributed by atoms with Crippen LogP contribution in [0, 0.1) is 5.82 Å². The third kappa shape index (κ3) is 3.64. The maximum absolute atomic E-state index is 14.0. The summed E-state index contributed by atoms with van der Waals surface area (Å²) in [6.45, 7) is 0. The molecule has 0 spiro atoms. The lowest BCUT2D eigenvalue weighted by atomic mass is 10.0. The van der Waals surface area contributed by atoms with E-state index in [2.05, 4.69) is 15.3 Å². The second-order valence-corrected chi connectivity index (χ2v) is 5.41. The third-order valence-electron chi connectivity index (χ3n) is 2.90. The van der Waals surface area contributed by atoms with Gasteiger partial charge in [-0.25, -0.2) is 9.37 Å². The highest BCUT2D eigenvalue weighted by Gasteiger charge is 2.26. The Bertz CT molecular complexity index is 696. The predicted molar refractivity (Wildman–Crippen MR) is 83.5 cm³/mol. The van der Waals surface area contributed by atoms with Crippen LogP contribution < -0.4 is 5.32 Å². The standard InChI is InChI=1S/C14H13Cl2FN4O/c1-21(2)13(22)11(8-5-3-4-6-10(8)17)19-12-9(15)7-18-14(16)20-12/h3-7,11H,1-2H3,(H,18,19,20). The van der Waals surface area contributed by atoms with E-state index in [1.807, 2.05) is 0 Å². The lowest BCUT2D eigenvalue weighted by molar-refractivity contribution is -0.129. The second-order valence-electron chi connectivity index (χ2n) is 4.67. The van der Waals surface area contributed by atoms with Crippen molar-refractivity contribution in [3.05, 3.63) is 52.1 Å². The zero-order chi connectivity index (χ0) is 16.3. The molecule has 0 fully saturated rings. The number of rotatable bonds is 4. The zero-order valence-corrected chi connectivity index (χ0v) is 13.4. The largest absolute Gasteiger partial charge is 0.353 e. The van der Waals surface area contributed by atoms with Gasteiger partial charge in [-0.05, 0) is 17.7 Å². The number of hydrogen-bond donors (Lipinski definition) is 1. The average molecular weight is 343 g/mol. The first kappa shape index (κ1) is 16.5. The molecule has 22 heavy (non-hydrogen) atoms. The van der Waals surface area contributed by atoms with Gasteiger partial charge in [0.25, 0.3) is 0 Å². The van der Waals surface area contributed by atoms with Gasteiger partial charge in [0, 0.05) is 19.7 Å². The molecule has 0 saturated heterocycles. The van der Waals surface area contributed by atoms with E-state index in [0.717, 1.165) is 0 Å². The van der Waals surface area contributed by atoms with E-state index in [9.17, 15) is 9.18 Å². The molecule has 2 aromatic rings. The normalized spacial score (nSPS) is 11.9. The van der Waals surface area contributed by atoms with Crippen LogP contribution in [0.3, 0.4) is 0 Å². The van der Waals surface area contributed by atoms with E-state index in [1.54, 1.807) is 26.2 Å². The summed E-state index contributed by atoms with van der Waals surface area (Å²) in [6, 6.07) is 5.00. The molecule has 1 amide bonds. The van der Waals surface area contributed by atoms with Gasteiger partial charge in [-0.2, -0.15) is 4.98 Å². The Hall–Kier alpha value is -1.92. The van der Waals surface area contributed by atoms with Gasteiger partial charge in [-0.3, -0.25) is 4.79 Å². The van der Waals surface area contributed by atoms with Gasteiger partial charge < -0.3 is 10.2 Å². The van der Waals surface area contributed by atoms with E-state index in [1.165, 1.54) is 23.2 Å². The number of nitrogens with one attached hydrogen (secondary N) is 1. The fourth-order valence-corrected chi connectivity index (χ4v) is 2.10. The first-order chi connectivity index (χ1) is 10.4. The number of aromatic nitrogens is 2. The number of anilines is 1. The topological polar surface area (TPSA) is 58.1 Å². The van der Waals surface area contributed by atoms with Crippen molar-refractivity contribution in [1.82, 2.24) is 14.9 Å². The van der Waals surface area contributed by atoms with Crippen LogP contribution >= 0.6 is 23.2 Å². The van der Waals surface area contributed by atoms with Gasteiger partial charge in [-0.15, -0.1) is 0 Å². The highest BCUT2D eigenvalue weighted by Crippen LogP contribution is 2.27. The van der Waals surface area contributed by atoms with Gasteiger partial charge in [0.1, 0.15) is 16.9 Å². The van der Waals surface area contributed by atoms with Gasteiger partial charge in [0.15, 0.2) is 5.82 Å². The molecule has 1 heterocycles. The fraction of sp³-hybridized carbons (Fsp3) is 0.214. The van der Waals surface area contributed by atoms with E-state index >= 15 is 0 Å². The minimum atomic E-state index is -0.986. The lowest BCUT2D eigenvalue weighted by Crippen LogP contribution is -2.33. The van der Waals surface area contributed by atoms with Crippen LogP contribution in [0.5, 0.6) is 0 Å². The molecule has 5 nitrogen and oxygen atoms in total. The molecule has 1 N–H and O–H groups in total. The van der Waals surface area contributed by atoms with E-state index in [-0.39, 0.29) is 27.6 Å². The van der Waals surface area contributed by atoms with Gasteiger partial charge in [-0.1, -0.05) is 29.8 Å². The van der Waals surface area contributed by atoms with Crippen LogP contribution in [0.25, 0.3) is 0 Å². The van der Waals surface area contributed by atoms with Crippen LogP contribution in [-0.4, -0.2) is 34.9 Å². The average Bonchev–Trinajstić information content (AvgIpc) is 2.48. The number of amides is 1. The van der Waals surface area contributed by atoms with E-state index in [4.69, 9.17) is 23.2 Å². The fourth-order valence-electron chi connectivity index (χ4n) is 1.82. The maximum Gasteiger partial charge on any atom is 0.249 e. The van der Waals surface area contributed by atoms with Gasteiger partial charge in [0.05, 0.1) is 6.20 Å². The highest BCUT2D eigenvalue weighted by atomic mass is 35.5. The smallest absolute Gasteiger partial charge is 0.249 e. The molecule has 1 atom stereocenters. The minimum Gasteiger partial charge on any atom is -0.353 e. The Balaban J connectivity index is 2.44. The number of carbonyl (C=O) groups is 1. The van der Waals surface area contributed by atoms with Crippen LogP contribution in [0.15, 0.2) is 30.5 Å². The molecule has 1 unspecified atom stereocenters. The summed E-state index contributed by atoms with van der Waals surface area (Å²) < 4.78 is 14.0. The monoisotopic (exact) mass is 342 g/mol. The quantitative estimate of drug-likeness (QED) is 0.867. The molecule has 1 aromatic heterocycles. The van der Waals surface area contributed by atoms with Crippen LogP contribution in [0.4, 0.5) is 10.2 Å². The Morgan fingerprint density at radius 2 is 2.00 bits per heavy atom. The molecule has 8 heteroatoms. The summed E-state index contributed by atoms with van der Waals surface area (Å²) in [5.41, 5.74) is 0.187. The number of benzene rings is 1. The number of nitrogens with zero attached hydrogens (tertiary/aromatic N) is 3. The third-order valence-corrected chi connectivity index (χ3v) is 3.36. The Labute approximate surface area is 137 Å². The SMILES string of the molecule is CN(C)C(=O)C(Nc1nc(Cl)ncc1Cl)c1ccccc1F. The zero-order valence-electron chi connectivity index (χ0n) is 11.8. The van der Waals surface area contributed by atoms with Crippen LogP contribution in [-0.2, 0) is 4.79 Å². The predicted octanol–water partition coefficient (Wildman–Crippen LogP) is 3.16. The molecule has 1 aromatic carbocycles. The summed E-state index contributed by atoms with van der Waals surface area (Å²) in [7, 11) is 3.15. The number of likely N-dealkylation sites (N-methyl/N-ethyl adjacent to an activating group) is 1. The molecule has 0 aliphatic carbocycles. The maximum atomic E-state index is 14.0. The molecule has 116 valence electrons. The molecule has 0 aliphatic rings. The van der Waals surface area contributed by atoms with Crippen molar-refractivity contribution in [3.63, 3.8) is 0 Å². The first-order valence-electron chi connectivity index (χ1n) is 6.30. The Morgan fingerprint density at radius 3 is 2.64 bits per heavy atom. The van der Waals surface area contributed by atoms with Crippen LogP contribution in [0.2, 0.25) is 10.3 Å². The van der Waals surface area contributed by atoms with Crippen molar-refractivity contribution in [2.75, 3.05) is 19.4 Å². The summed E-state index contributed by atoms with van der Waals surface area (Å²) in [6.07, 6.45) is 1.30. The second kappa shape index (κ2) is 6.89. The molecule has 2 rings (SSSR count). The van der Waals surface area contributed by atoms with Crippen LogP contribution in [0.1, 0.15) is 11.6 Å². The molecule has 0 saturated carbocycles. The van der Waals surface area contributed by atoms with Crippen molar-refractivity contribution < 1.29 is 9.18 Å². The summed E-state index contributed by atoms with van der Waals surface area (Å²) in [5, 5.41) is 2.97. The van der Waals surface area contributed by atoms with Crippen molar-refractivity contribution in [2.24, 2.45) is 0 Å². The summed E-state index contributed by atoms with van der Waals surface area (Å²) in [4.78, 5) is 21.4. The molecule has 0 radical (unpaired) electrons. The van der Waals surface area contributed by atoms with Crippen molar-refractivity contribution in [1.29, 1.82) is 0 Å². The lowest BCUT2D eigenvalue weighted by Gasteiger charge is -2.23. The molecular weight excluding hydrogens is 330 g/mol. The Kier molecular flexibility index (Phi) is 5.15. The number of hydrogen-bond acceptors (Lipinski definition) is 4. The van der Waals surface area contributed by atoms with Crippen molar-refractivity contribution in [2.45, 2.75) is 6.04 Å². The van der Waals surface area contributed by atoms with Crippen molar-refractivity contribution >= 4 is 34.9 Å². The van der Waals surface area contributed by atoms with Gasteiger partial charge in [0.2, 0.25) is 11.2 Å². The van der Waals surface area contributed by atoms with E-state index in [0.29, 0.717) is 0 Å². The molecular formula is C14H13Cl2FN4O. The molecule has 0 bridgehead atoms. The Morgan fingerprint density at radius 1 is 1.32 bits per heavy atom. The minimum absolute atomic E-state index is 0.0310. The molecule has 0 aliphatic heterocycles. The van der Waals surface area contributed by atoms with E-state index < -0.39 is 11.9 Å². The first-order valence-corrected chi connectivity index (χ1v) is 7.06.